The third-order valence-electron chi connectivity index (χ3n) is 2.88. The Bertz CT molecular complexity index is 543. The lowest BCUT2D eigenvalue weighted by Gasteiger charge is -2.21. The average molecular weight is 286 g/mol. The largest absolute Gasteiger partial charge is 0.373 e. The molecule has 0 unspecified atom stereocenters. The van der Waals surface area contributed by atoms with Crippen molar-refractivity contribution in [3.05, 3.63) is 11.4 Å². The molecule has 1 heterocycles. The molecule has 1 N–H and O–H groups in total. The van der Waals surface area contributed by atoms with E-state index >= 15 is 0 Å². The topological polar surface area (TPSA) is 75.2 Å². The second-order valence-electron chi connectivity index (χ2n) is 4.59. The zero-order valence-electron chi connectivity index (χ0n) is 12.2. The summed E-state index contributed by atoms with van der Waals surface area (Å²) in [6, 6.07) is 0. The molecule has 0 aliphatic carbocycles. The van der Waals surface area contributed by atoms with Gasteiger partial charge < -0.3 is 10.2 Å². The summed E-state index contributed by atoms with van der Waals surface area (Å²) in [7, 11) is 0.689. The monoisotopic (exact) mass is 286 g/mol. The van der Waals surface area contributed by atoms with Crippen molar-refractivity contribution in [1.82, 2.24) is 9.97 Å². The average Bonchev–Trinajstić information content (AvgIpc) is 2.35. The molecule has 0 aliphatic rings. The van der Waals surface area contributed by atoms with E-state index in [9.17, 15) is 8.42 Å². The van der Waals surface area contributed by atoms with E-state index in [4.69, 9.17) is 0 Å². The maximum Gasteiger partial charge on any atom is 0.149 e. The second-order valence-corrected chi connectivity index (χ2v) is 6.85. The summed E-state index contributed by atoms with van der Waals surface area (Å²) in [4.78, 5) is 10.7. The van der Waals surface area contributed by atoms with E-state index < -0.39 is 9.84 Å². The van der Waals surface area contributed by atoms with E-state index in [1.54, 1.807) is 0 Å². The molecule has 108 valence electrons. The molecule has 0 amide bonds. The highest BCUT2D eigenvalue weighted by molar-refractivity contribution is 7.90. The summed E-state index contributed by atoms with van der Waals surface area (Å²) in [6.45, 7) is 4.34. The van der Waals surface area contributed by atoms with Crippen LogP contribution in [0.5, 0.6) is 0 Å². The highest BCUT2D eigenvalue weighted by Gasteiger charge is 2.14. The molecule has 0 radical (unpaired) electrons. The molecule has 0 aliphatic heterocycles. The van der Waals surface area contributed by atoms with Gasteiger partial charge in [0.25, 0.3) is 0 Å². The fourth-order valence-corrected chi connectivity index (χ4v) is 2.34. The molecule has 0 aromatic carbocycles. The predicted octanol–water partition coefficient (Wildman–Crippen LogP) is 0.870. The quantitative estimate of drug-likeness (QED) is 0.836. The van der Waals surface area contributed by atoms with Crippen molar-refractivity contribution < 1.29 is 8.42 Å². The summed E-state index contributed by atoms with van der Waals surface area (Å²) < 4.78 is 22.5. The van der Waals surface area contributed by atoms with Gasteiger partial charge in [0, 0.05) is 38.9 Å². The third-order valence-corrected chi connectivity index (χ3v) is 3.80. The van der Waals surface area contributed by atoms with E-state index in [0.717, 1.165) is 29.4 Å². The SMILES string of the molecule is CCc1nc(NC)c(C)c(N(C)CCS(C)(=O)=O)n1. The van der Waals surface area contributed by atoms with Crippen LogP contribution in [-0.2, 0) is 16.3 Å². The van der Waals surface area contributed by atoms with Gasteiger partial charge in [-0.25, -0.2) is 18.4 Å². The van der Waals surface area contributed by atoms with Crippen LogP contribution in [0, 0.1) is 6.92 Å². The fourth-order valence-electron chi connectivity index (χ4n) is 1.73. The lowest BCUT2D eigenvalue weighted by molar-refractivity contribution is 0.601. The van der Waals surface area contributed by atoms with Crippen LogP contribution in [0.15, 0.2) is 0 Å². The van der Waals surface area contributed by atoms with Crippen molar-refractivity contribution in [3.63, 3.8) is 0 Å². The Kier molecular flexibility index (Phi) is 5.11. The Hall–Kier alpha value is -1.37. The molecule has 19 heavy (non-hydrogen) atoms. The van der Waals surface area contributed by atoms with E-state index in [1.807, 2.05) is 32.8 Å². The first-order valence-corrected chi connectivity index (χ1v) is 8.28. The Morgan fingerprint density at radius 3 is 2.42 bits per heavy atom. The highest BCUT2D eigenvalue weighted by atomic mass is 32.2. The number of aromatic nitrogens is 2. The molecule has 1 rings (SSSR count). The standard InChI is InChI=1S/C12H22N4O2S/c1-6-10-14-11(13-3)9(2)12(15-10)16(4)7-8-19(5,17)18/h6-8H2,1-5H3,(H,13,14,15). The zero-order chi connectivity index (χ0) is 14.6. The van der Waals surface area contributed by atoms with E-state index in [2.05, 4.69) is 15.3 Å². The maximum absolute atomic E-state index is 11.2. The van der Waals surface area contributed by atoms with Crippen LogP contribution in [0.25, 0.3) is 0 Å². The summed E-state index contributed by atoms with van der Waals surface area (Å²) >= 11 is 0. The van der Waals surface area contributed by atoms with E-state index in [-0.39, 0.29) is 5.75 Å². The third kappa shape index (κ3) is 4.34. The molecule has 0 fully saturated rings. The Balaban J connectivity index is 3.04. The first-order valence-electron chi connectivity index (χ1n) is 6.22. The predicted molar refractivity (Wildman–Crippen MR) is 78.7 cm³/mol. The van der Waals surface area contributed by atoms with Crippen molar-refractivity contribution in [1.29, 1.82) is 0 Å². The maximum atomic E-state index is 11.2. The van der Waals surface area contributed by atoms with Gasteiger partial charge in [-0.15, -0.1) is 0 Å². The smallest absolute Gasteiger partial charge is 0.149 e. The Morgan fingerprint density at radius 1 is 1.32 bits per heavy atom. The van der Waals surface area contributed by atoms with Crippen LogP contribution in [0.3, 0.4) is 0 Å². The number of anilines is 2. The molecule has 1 aromatic rings. The van der Waals surface area contributed by atoms with Crippen molar-refractivity contribution in [2.75, 3.05) is 42.9 Å². The van der Waals surface area contributed by atoms with Crippen LogP contribution in [0.1, 0.15) is 18.3 Å². The molecule has 6 nitrogen and oxygen atoms in total. The summed E-state index contributed by atoms with van der Waals surface area (Å²) in [5.74, 6) is 2.42. The minimum Gasteiger partial charge on any atom is -0.373 e. The second kappa shape index (κ2) is 6.18. The number of nitrogens with one attached hydrogen (secondary N) is 1. The molecule has 0 saturated heterocycles. The summed E-state index contributed by atoms with van der Waals surface area (Å²) in [6.07, 6.45) is 1.98. The molecule has 0 spiro atoms. The first-order chi connectivity index (χ1) is 8.78. The van der Waals surface area contributed by atoms with Crippen LogP contribution >= 0.6 is 0 Å². The Morgan fingerprint density at radius 2 is 1.95 bits per heavy atom. The summed E-state index contributed by atoms with van der Waals surface area (Å²) in [5, 5.41) is 3.04. The number of nitrogens with zero attached hydrogens (tertiary/aromatic N) is 3. The van der Waals surface area contributed by atoms with Gasteiger partial charge >= 0.3 is 0 Å². The van der Waals surface area contributed by atoms with Crippen LogP contribution < -0.4 is 10.2 Å². The number of rotatable bonds is 6. The van der Waals surface area contributed by atoms with Gasteiger partial charge in [0.2, 0.25) is 0 Å². The van der Waals surface area contributed by atoms with Gasteiger partial charge in [0.15, 0.2) is 0 Å². The van der Waals surface area contributed by atoms with Crippen molar-refractivity contribution in [2.45, 2.75) is 20.3 Å². The minimum absolute atomic E-state index is 0.114. The van der Waals surface area contributed by atoms with Gasteiger partial charge in [-0.1, -0.05) is 6.92 Å². The Labute approximate surface area is 115 Å². The molecule has 0 saturated carbocycles. The van der Waals surface area contributed by atoms with Gasteiger partial charge in [-0.2, -0.15) is 0 Å². The van der Waals surface area contributed by atoms with Gasteiger partial charge in [-0.3, -0.25) is 0 Å². The van der Waals surface area contributed by atoms with Crippen molar-refractivity contribution in [2.24, 2.45) is 0 Å². The molecular weight excluding hydrogens is 264 g/mol. The highest BCUT2D eigenvalue weighted by Crippen LogP contribution is 2.22. The van der Waals surface area contributed by atoms with Crippen molar-refractivity contribution >= 4 is 21.5 Å². The lowest BCUT2D eigenvalue weighted by Crippen LogP contribution is -2.27. The number of hydrogen-bond donors (Lipinski definition) is 1. The molecule has 7 heteroatoms. The van der Waals surface area contributed by atoms with Crippen molar-refractivity contribution in [3.8, 4) is 0 Å². The van der Waals surface area contributed by atoms with Crippen LogP contribution in [-0.4, -0.2) is 51.0 Å². The number of hydrogen-bond acceptors (Lipinski definition) is 6. The van der Waals surface area contributed by atoms with Gasteiger partial charge in [0.05, 0.1) is 5.75 Å². The fraction of sp³-hybridized carbons (Fsp3) is 0.667. The number of sulfone groups is 1. The van der Waals surface area contributed by atoms with E-state index in [0.29, 0.717) is 6.54 Å². The minimum atomic E-state index is -2.97. The lowest BCUT2D eigenvalue weighted by atomic mass is 10.2. The van der Waals surface area contributed by atoms with Crippen LogP contribution in [0.4, 0.5) is 11.6 Å². The molecule has 0 bridgehead atoms. The number of aryl methyl sites for hydroxylation is 1. The molecule has 0 atom stereocenters. The zero-order valence-corrected chi connectivity index (χ0v) is 13.0. The normalized spacial score (nSPS) is 11.4. The molecule has 1 aromatic heterocycles. The first kappa shape index (κ1) is 15.7. The summed E-state index contributed by atoms with van der Waals surface area (Å²) in [5.41, 5.74) is 0.927. The molecular formula is C12H22N4O2S. The van der Waals surface area contributed by atoms with Gasteiger partial charge in [0.1, 0.15) is 27.3 Å². The van der Waals surface area contributed by atoms with Gasteiger partial charge in [-0.05, 0) is 6.92 Å². The van der Waals surface area contributed by atoms with Crippen LogP contribution in [0.2, 0.25) is 0 Å². The van der Waals surface area contributed by atoms with E-state index in [1.165, 1.54) is 6.26 Å².